The number of methoxy groups -OCH3 is 2. The Bertz CT molecular complexity index is 496. The van der Waals surface area contributed by atoms with Crippen molar-refractivity contribution in [1.29, 1.82) is 0 Å². The molecule has 23 heavy (non-hydrogen) atoms. The van der Waals surface area contributed by atoms with Crippen molar-refractivity contribution in [1.82, 2.24) is 9.62 Å². The lowest BCUT2D eigenvalue weighted by molar-refractivity contribution is -0.144. The fraction of sp³-hybridized carbons (Fsp3) is 0.833. The van der Waals surface area contributed by atoms with Crippen LogP contribution >= 0.6 is 23.1 Å². The van der Waals surface area contributed by atoms with Gasteiger partial charge in [0, 0.05) is 17.2 Å². The van der Waals surface area contributed by atoms with Crippen molar-refractivity contribution in [3.63, 3.8) is 0 Å². The van der Waals surface area contributed by atoms with Crippen molar-refractivity contribution in [3.8, 4) is 0 Å². The van der Waals surface area contributed by atoms with E-state index in [1.165, 1.54) is 14.2 Å². The van der Waals surface area contributed by atoms with Crippen molar-refractivity contribution < 1.29 is 27.5 Å². The van der Waals surface area contributed by atoms with E-state index in [9.17, 15) is 18.0 Å². The van der Waals surface area contributed by atoms with E-state index in [1.807, 2.05) is 0 Å². The van der Waals surface area contributed by atoms with Crippen molar-refractivity contribution >= 4 is 44.3 Å². The minimum absolute atomic E-state index is 0. The summed E-state index contributed by atoms with van der Waals surface area (Å²) in [6, 6.07) is -0.775. The molecule has 0 saturated carbocycles. The summed E-state index contributed by atoms with van der Waals surface area (Å²) in [7, 11) is 3.96. The molecular formula is C12H22Cl2N2O6S. The van der Waals surface area contributed by atoms with E-state index in [0.717, 1.165) is 23.7 Å². The standard InChI is InChI=1S/C6H10ClNO4S.C6H11NO2.ClH/c1-12-6(9)5-3-2-4-8(5)13(7,10)11;1-9-6(8)5-3-2-4-7-5;/h5H,2-4H2,1H3;5,7H,2-4H2,1H3;1H/t;5-;/m.0./s1. The third-order valence-corrected chi connectivity index (χ3v) is 5.03. The average molecular weight is 393 g/mol. The fourth-order valence-corrected chi connectivity index (χ4v) is 3.74. The Labute approximate surface area is 146 Å². The molecular weight excluding hydrogens is 371 g/mol. The Morgan fingerprint density at radius 3 is 2.17 bits per heavy atom. The van der Waals surface area contributed by atoms with E-state index in [4.69, 9.17) is 10.7 Å². The highest BCUT2D eigenvalue weighted by atomic mass is 35.7. The number of carbonyl (C=O) groups is 2. The molecule has 0 bridgehead atoms. The molecule has 0 aliphatic carbocycles. The van der Waals surface area contributed by atoms with Crippen LogP contribution in [0.4, 0.5) is 0 Å². The van der Waals surface area contributed by atoms with Crippen LogP contribution in [-0.2, 0) is 28.3 Å². The van der Waals surface area contributed by atoms with Gasteiger partial charge in [0.1, 0.15) is 12.1 Å². The number of carbonyl (C=O) groups excluding carboxylic acids is 2. The summed E-state index contributed by atoms with van der Waals surface area (Å²) < 4.78 is 31.8. The molecule has 0 spiro atoms. The molecule has 136 valence electrons. The lowest BCUT2D eigenvalue weighted by Crippen LogP contribution is -2.38. The normalized spacial score (nSPS) is 24.1. The molecule has 11 heteroatoms. The van der Waals surface area contributed by atoms with Gasteiger partial charge in [-0.05, 0) is 32.2 Å². The van der Waals surface area contributed by atoms with Crippen LogP contribution < -0.4 is 5.32 Å². The number of esters is 2. The van der Waals surface area contributed by atoms with E-state index in [2.05, 4.69) is 14.8 Å². The summed E-state index contributed by atoms with van der Waals surface area (Å²) in [5.74, 6) is -0.686. The van der Waals surface area contributed by atoms with E-state index in [-0.39, 0.29) is 31.0 Å². The zero-order chi connectivity index (χ0) is 16.8. The van der Waals surface area contributed by atoms with E-state index < -0.39 is 21.2 Å². The summed E-state index contributed by atoms with van der Waals surface area (Å²) in [4.78, 5) is 21.8. The smallest absolute Gasteiger partial charge is 0.324 e. The summed E-state index contributed by atoms with van der Waals surface area (Å²) in [5, 5.41) is 3.03. The highest BCUT2D eigenvalue weighted by Gasteiger charge is 2.38. The predicted octanol–water partition coefficient (Wildman–Crippen LogP) is 0.441. The number of hydrogen-bond acceptors (Lipinski definition) is 7. The summed E-state index contributed by atoms with van der Waals surface area (Å²) in [5.41, 5.74) is 0. The average Bonchev–Trinajstić information content (AvgIpc) is 3.16. The van der Waals surface area contributed by atoms with Gasteiger partial charge in [-0.25, -0.2) is 0 Å². The Kier molecular flexibility index (Phi) is 10.0. The fourth-order valence-electron chi connectivity index (χ4n) is 2.40. The number of hydrogen-bond donors (Lipinski definition) is 1. The van der Waals surface area contributed by atoms with Gasteiger partial charge in [-0.1, -0.05) is 0 Å². The quantitative estimate of drug-likeness (QED) is 0.548. The molecule has 2 saturated heterocycles. The second-order valence-corrected chi connectivity index (χ2v) is 7.37. The molecule has 2 heterocycles. The maximum Gasteiger partial charge on any atom is 0.324 e. The van der Waals surface area contributed by atoms with Gasteiger partial charge in [-0.3, -0.25) is 9.59 Å². The Balaban J connectivity index is 0.000000427. The zero-order valence-electron chi connectivity index (χ0n) is 13.0. The molecule has 0 aromatic heterocycles. The Hall–Kier alpha value is -0.610. The number of nitrogens with zero attached hydrogens (tertiary/aromatic N) is 1. The van der Waals surface area contributed by atoms with Gasteiger partial charge < -0.3 is 14.8 Å². The first-order valence-corrected chi connectivity index (χ1v) is 9.18. The van der Waals surface area contributed by atoms with Crippen molar-refractivity contribution in [2.24, 2.45) is 0 Å². The van der Waals surface area contributed by atoms with Gasteiger partial charge in [0.25, 0.3) is 0 Å². The molecule has 2 aliphatic heterocycles. The molecule has 0 aromatic rings. The Morgan fingerprint density at radius 2 is 1.74 bits per heavy atom. The SMILES string of the molecule is COC(=O)C1CCCN1S(=O)(=O)Cl.COC(=O)[C@@H]1CCCN1.Cl. The van der Waals surface area contributed by atoms with Gasteiger partial charge in [0.05, 0.1) is 14.2 Å². The second kappa shape index (κ2) is 10.3. The molecule has 0 radical (unpaired) electrons. The lowest BCUT2D eigenvalue weighted by Gasteiger charge is -2.17. The van der Waals surface area contributed by atoms with Crippen LogP contribution in [0.15, 0.2) is 0 Å². The zero-order valence-corrected chi connectivity index (χ0v) is 15.4. The van der Waals surface area contributed by atoms with E-state index in [0.29, 0.717) is 12.8 Å². The second-order valence-electron chi connectivity index (χ2n) is 4.91. The highest BCUT2D eigenvalue weighted by molar-refractivity contribution is 8.11. The molecule has 2 atom stereocenters. The summed E-state index contributed by atoms with van der Waals surface area (Å²) in [6.45, 7) is 1.23. The third kappa shape index (κ3) is 6.80. The van der Waals surface area contributed by atoms with Gasteiger partial charge >= 0.3 is 21.2 Å². The van der Waals surface area contributed by atoms with Crippen LogP contribution in [0.5, 0.6) is 0 Å². The van der Waals surface area contributed by atoms with Crippen molar-refractivity contribution in [2.45, 2.75) is 37.8 Å². The molecule has 8 nitrogen and oxygen atoms in total. The Morgan fingerprint density at radius 1 is 1.13 bits per heavy atom. The van der Waals surface area contributed by atoms with Crippen LogP contribution in [0.2, 0.25) is 0 Å². The molecule has 0 amide bonds. The number of nitrogens with one attached hydrogen (secondary N) is 1. The van der Waals surface area contributed by atoms with Crippen molar-refractivity contribution in [3.05, 3.63) is 0 Å². The van der Waals surface area contributed by atoms with Gasteiger partial charge in [-0.15, -0.1) is 12.4 Å². The van der Waals surface area contributed by atoms with Gasteiger partial charge in [0.2, 0.25) is 0 Å². The van der Waals surface area contributed by atoms with Crippen LogP contribution in [0, 0.1) is 0 Å². The summed E-state index contributed by atoms with van der Waals surface area (Å²) in [6.07, 6.45) is 3.11. The largest absolute Gasteiger partial charge is 0.468 e. The highest BCUT2D eigenvalue weighted by Crippen LogP contribution is 2.23. The molecule has 2 fully saturated rings. The maximum absolute atomic E-state index is 11.1. The first-order valence-electron chi connectivity index (χ1n) is 6.91. The minimum Gasteiger partial charge on any atom is -0.468 e. The number of rotatable bonds is 3. The number of ether oxygens (including phenoxy) is 2. The summed E-state index contributed by atoms with van der Waals surface area (Å²) >= 11 is 0. The molecule has 1 N–H and O–H groups in total. The van der Waals surface area contributed by atoms with Crippen LogP contribution in [0.25, 0.3) is 0 Å². The van der Waals surface area contributed by atoms with Crippen LogP contribution in [0.3, 0.4) is 0 Å². The molecule has 2 rings (SSSR count). The molecule has 1 unspecified atom stereocenters. The van der Waals surface area contributed by atoms with Crippen molar-refractivity contribution in [2.75, 3.05) is 27.3 Å². The maximum atomic E-state index is 11.1. The minimum atomic E-state index is -3.80. The van der Waals surface area contributed by atoms with E-state index >= 15 is 0 Å². The van der Waals surface area contributed by atoms with Crippen LogP contribution in [0.1, 0.15) is 25.7 Å². The monoisotopic (exact) mass is 392 g/mol. The lowest BCUT2D eigenvalue weighted by atomic mass is 10.2. The third-order valence-electron chi connectivity index (χ3n) is 3.50. The van der Waals surface area contributed by atoms with Crippen LogP contribution in [-0.4, -0.2) is 64.1 Å². The molecule has 2 aliphatic rings. The predicted molar refractivity (Wildman–Crippen MR) is 86.8 cm³/mol. The molecule has 0 aromatic carbocycles. The van der Waals surface area contributed by atoms with Gasteiger partial charge in [0.15, 0.2) is 0 Å². The van der Waals surface area contributed by atoms with Gasteiger partial charge in [-0.2, -0.15) is 12.7 Å². The topological polar surface area (TPSA) is 102 Å². The first kappa shape index (κ1) is 22.4. The number of halogens is 2. The first-order chi connectivity index (χ1) is 10.3. The van der Waals surface area contributed by atoms with E-state index in [1.54, 1.807) is 0 Å².